The van der Waals surface area contributed by atoms with E-state index in [9.17, 15) is 4.79 Å². The maximum absolute atomic E-state index is 10.3. The van der Waals surface area contributed by atoms with Crippen molar-refractivity contribution in [2.24, 2.45) is 11.8 Å². The highest BCUT2D eigenvalue weighted by Gasteiger charge is 2.23. The predicted octanol–water partition coefficient (Wildman–Crippen LogP) is 2.68. The molecule has 2 atom stereocenters. The summed E-state index contributed by atoms with van der Waals surface area (Å²) in [5.41, 5.74) is 0. The summed E-state index contributed by atoms with van der Waals surface area (Å²) in [6.07, 6.45) is 6.37. The second-order valence-corrected chi connectivity index (χ2v) is 3.89. The zero-order valence-electron chi connectivity index (χ0n) is 7.75. The molecule has 1 saturated carbocycles. The van der Waals surface area contributed by atoms with Crippen LogP contribution in [0, 0.1) is 11.8 Å². The van der Waals surface area contributed by atoms with E-state index in [-0.39, 0.29) is 0 Å². The third-order valence-electron chi connectivity index (χ3n) is 2.99. The summed E-state index contributed by atoms with van der Waals surface area (Å²) >= 11 is 0. The number of rotatable bonds is 4. The van der Waals surface area contributed by atoms with E-state index in [2.05, 4.69) is 6.92 Å². The van der Waals surface area contributed by atoms with Crippen molar-refractivity contribution >= 4 is 5.97 Å². The quantitative estimate of drug-likeness (QED) is 0.704. The standard InChI is InChI=1S/C10H18O2/c1-2-8-3-4-9(7-8)5-6-10(11)12/h8-9H,2-7H2,1H3,(H,11,12)/t8-,9-/m1/s1. The van der Waals surface area contributed by atoms with Crippen molar-refractivity contribution in [2.45, 2.75) is 45.4 Å². The number of carboxylic acids is 1. The second kappa shape index (κ2) is 4.48. The van der Waals surface area contributed by atoms with E-state index in [0.29, 0.717) is 12.3 Å². The van der Waals surface area contributed by atoms with E-state index < -0.39 is 5.97 Å². The Hall–Kier alpha value is -0.530. The molecule has 0 unspecified atom stereocenters. The van der Waals surface area contributed by atoms with Crippen molar-refractivity contribution in [3.05, 3.63) is 0 Å². The zero-order chi connectivity index (χ0) is 8.97. The van der Waals surface area contributed by atoms with Crippen LogP contribution in [0.3, 0.4) is 0 Å². The van der Waals surface area contributed by atoms with Crippen LogP contribution in [0.4, 0.5) is 0 Å². The molecule has 0 aliphatic heterocycles. The molecule has 1 rings (SSSR count). The van der Waals surface area contributed by atoms with Gasteiger partial charge in [0.15, 0.2) is 0 Å². The molecule has 0 spiro atoms. The van der Waals surface area contributed by atoms with Crippen LogP contribution in [0.1, 0.15) is 45.4 Å². The van der Waals surface area contributed by atoms with Crippen LogP contribution in [-0.2, 0) is 4.79 Å². The monoisotopic (exact) mass is 170 g/mol. The van der Waals surface area contributed by atoms with Gasteiger partial charge in [-0.15, -0.1) is 0 Å². The molecule has 1 aliphatic carbocycles. The number of hydrogen-bond acceptors (Lipinski definition) is 1. The van der Waals surface area contributed by atoms with Crippen LogP contribution < -0.4 is 0 Å². The van der Waals surface area contributed by atoms with Gasteiger partial charge in [-0.3, -0.25) is 4.79 Å². The maximum atomic E-state index is 10.3. The molecule has 70 valence electrons. The molecule has 0 aromatic rings. The lowest BCUT2D eigenvalue weighted by Gasteiger charge is -2.07. The molecule has 0 bridgehead atoms. The molecule has 2 nitrogen and oxygen atoms in total. The first-order valence-electron chi connectivity index (χ1n) is 4.94. The first-order valence-corrected chi connectivity index (χ1v) is 4.94. The molecule has 0 radical (unpaired) electrons. The SMILES string of the molecule is CC[C@@H]1CC[C@H](CCC(=O)O)C1. The summed E-state index contributed by atoms with van der Waals surface area (Å²) in [5.74, 6) is 0.935. The van der Waals surface area contributed by atoms with Gasteiger partial charge >= 0.3 is 5.97 Å². The molecule has 0 aromatic heterocycles. The van der Waals surface area contributed by atoms with Crippen LogP contribution in [0.2, 0.25) is 0 Å². The Morgan fingerprint density at radius 1 is 1.42 bits per heavy atom. The van der Waals surface area contributed by atoms with E-state index in [1.165, 1.54) is 25.7 Å². The third-order valence-corrected chi connectivity index (χ3v) is 2.99. The van der Waals surface area contributed by atoms with Crippen LogP contribution >= 0.6 is 0 Å². The smallest absolute Gasteiger partial charge is 0.303 e. The van der Waals surface area contributed by atoms with Crippen LogP contribution in [0.25, 0.3) is 0 Å². The molecule has 1 N–H and O–H groups in total. The molecule has 2 heteroatoms. The van der Waals surface area contributed by atoms with Gasteiger partial charge in [0.2, 0.25) is 0 Å². The van der Waals surface area contributed by atoms with Crippen molar-refractivity contribution in [3.8, 4) is 0 Å². The lowest BCUT2D eigenvalue weighted by molar-refractivity contribution is -0.137. The first kappa shape index (κ1) is 9.56. The van der Waals surface area contributed by atoms with Gasteiger partial charge < -0.3 is 5.11 Å². The molecule has 12 heavy (non-hydrogen) atoms. The van der Waals surface area contributed by atoms with Crippen molar-refractivity contribution in [1.82, 2.24) is 0 Å². The largest absolute Gasteiger partial charge is 0.481 e. The summed E-state index contributed by atoms with van der Waals surface area (Å²) in [5, 5.41) is 8.50. The van der Waals surface area contributed by atoms with E-state index in [0.717, 1.165) is 12.3 Å². The molecule has 1 aliphatic rings. The minimum Gasteiger partial charge on any atom is -0.481 e. The number of carboxylic acid groups (broad SMARTS) is 1. The van der Waals surface area contributed by atoms with Crippen LogP contribution in [0.15, 0.2) is 0 Å². The van der Waals surface area contributed by atoms with Crippen molar-refractivity contribution in [3.63, 3.8) is 0 Å². The average molecular weight is 170 g/mol. The van der Waals surface area contributed by atoms with Gasteiger partial charge in [-0.25, -0.2) is 0 Å². The zero-order valence-corrected chi connectivity index (χ0v) is 7.75. The van der Waals surface area contributed by atoms with Gasteiger partial charge in [-0.05, 0) is 24.7 Å². The molecule has 0 heterocycles. The van der Waals surface area contributed by atoms with E-state index in [1.54, 1.807) is 0 Å². The van der Waals surface area contributed by atoms with Gasteiger partial charge in [-0.1, -0.05) is 26.2 Å². The fourth-order valence-corrected chi connectivity index (χ4v) is 2.14. The highest BCUT2D eigenvalue weighted by Crippen LogP contribution is 2.35. The van der Waals surface area contributed by atoms with E-state index in [4.69, 9.17) is 5.11 Å². The maximum Gasteiger partial charge on any atom is 0.303 e. The van der Waals surface area contributed by atoms with Crippen molar-refractivity contribution in [2.75, 3.05) is 0 Å². The number of aliphatic carboxylic acids is 1. The van der Waals surface area contributed by atoms with Gasteiger partial charge in [0, 0.05) is 6.42 Å². The summed E-state index contributed by atoms with van der Waals surface area (Å²) in [7, 11) is 0. The predicted molar refractivity (Wildman–Crippen MR) is 48.0 cm³/mol. The van der Waals surface area contributed by atoms with Crippen LogP contribution in [0.5, 0.6) is 0 Å². The molecule has 0 amide bonds. The highest BCUT2D eigenvalue weighted by molar-refractivity contribution is 5.66. The normalized spacial score (nSPS) is 29.1. The molecule has 0 saturated heterocycles. The Kier molecular flexibility index (Phi) is 3.57. The van der Waals surface area contributed by atoms with Crippen molar-refractivity contribution in [1.29, 1.82) is 0 Å². The third kappa shape index (κ3) is 2.84. The van der Waals surface area contributed by atoms with E-state index >= 15 is 0 Å². The van der Waals surface area contributed by atoms with Crippen LogP contribution in [-0.4, -0.2) is 11.1 Å². The second-order valence-electron chi connectivity index (χ2n) is 3.89. The summed E-state index contributed by atoms with van der Waals surface area (Å²) in [6, 6.07) is 0. The average Bonchev–Trinajstić information content (AvgIpc) is 2.48. The Balaban J connectivity index is 2.15. The number of hydrogen-bond donors (Lipinski definition) is 1. The lowest BCUT2D eigenvalue weighted by atomic mass is 9.99. The van der Waals surface area contributed by atoms with Gasteiger partial charge in [0.25, 0.3) is 0 Å². The fraction of sp³-hybridized carbons (Fsp3) is 0.900. The molecular formula is C10H18O2. The van der Waals surface area contributed by atoms with Gasteiger partial charge in [-0.2, -0.15) is 0 Å². The Morgan fingerprint density at radius 2 is 2.08 bits per heavy atom. The Labute approximate surface area is 74.0 Å². The Bertz CT molecular complexity index is 154. The van der Waals surface area contributed by atoms with Gasteiger partial charge in [0.1, 0.15) is 0 Å². The molecule has 0 aromatic carbocycles. The minimum absolute atomic E-state index is 0.362. The topological polar surface area (TPSA) is 37.3 Å². The minimum atomic E-state index is -0.644. The summed E-state index contributed by atoms with van der Waals surface area (Å²) in [6.45, 7) is 2.23. The lowest BCUT2D eigenvalue weighted by Crippen LogP contribution is -2.01. The fourth-order valence-electron chi connectivity index (χ4n) is 2.14. The first-order chi connectivity index (χ1) is 5.72. The van der Waals surface area contributed by atoms with Gasteiger partial charge in [0.05, 0.1) is 0 Å². The summed E-state index contributed by atoms with van der Waals surface area (Å²) < 4.78 is 0. The number of carbonyl (C=O) groups is 1. The molecule has 1 fully saturated rings. The molecular weight excluding hydrogens is 152 g/mol. The Morgan fingerprint density at radius 3 is 2.58 bits per heavy atom. The van der Waals surface area contributed by atoms with E-state index in [1.807, 2.05) is 0 Å². The highest BCUT2D eigenvalue weighted by atomic mass is 16.4. The van der Waals surface area contributed by atoms with Crippen molar-refractivity contribution < 1.29 is 9.90 Å². The summed E-state index contributed by atoms with van der Waals surface area (Å²) in [4.78, 5) is 10.3.